The van der Waals surface area contributed by atoms with Crippen LogP contribution in [0, 0.1) is 0 Å². The zero-order valence-corrected chi connectivity index (χ0v) is 15.3. The minimum absolute atomic E-state index is 0.0600. The zero-order chi connectivity index (χ0) is 22.2. The molecule has 29 heavy (non-hydrogen) atoms. The van der Waals surface area contributed by atoms with E-state index in [2.05, 4.69) is 15.1 Å². The Bertz CT molecular complexity index is 907. The number of carbonyl (C=O) groups excluding carboxylic acids is 1. The van der Waals surface area contributed by atoms with Gasteiger partial charge in [-0.05, 0) is 18.2 Å². The molecule has 2 rings (SSSR count). The van der Waals surface area contributed by atoms with Gasteiger partial charge in [-0.1, -0.05) is 31.1 Å². The molecule has 0 aliphatic heterocycles. The summed E-state index contributed by atoms with van der Waals surface area (Å²) in [5.41, 5.74) is 1.05. The third-order valence-corrected chi connectivity index (χ3v) is 3.61. The van der Waals surface area contributed by atoms with Crippen molar-refractivity contribution in [2.45, 2.75) is 38.5 Å². The maximum absolute atomic E-state index is 12.9. The van der Waals surface area contributed by atoms with Crippen molar-refractivity contribution in [2.24, 2.45) is 10.9 Å². The Labute approximate surface area is 160 Å². The van der Waals surface area contributed by atoms with Crippen LogP contribution in [0.4, 0.5) is 26.3 Å². The van der Waals surface area contributed by atoms with Crippen molar-refractivity contribution in [3.8, 4) is 0 Å². The van der Waals surface area contributed by atoms with Crippen LogP contribution in [0.2, 0.25) is 0 Å². The monoisotopic (exact) mass is 423 g/mol. The number of oxime groups is 1. The molecule has 0 aliphatic rings. The third-order valence-electron chi connectivity index (χ3n) is 3.61. The van der Waals surface area contributed by atoms with Crippen LogP contribution in [0.25, 0.3) is 0 Å². The number of benzene rings is 1. The lowest BCUT2D eigenvalue weighted by Gasteiger charge is -2.15. The molecule has 1 heterocycles. The topological polar surface area (TPSA) is 90.7 Å². The average Bonchev–Trinajstić information content (AvgIpc) is 3.07. The van der Waals surface area contributed by atoms with Gasteiger partial charge in [0.15, 0.2) is 5.84 Å². The number of amidine groups is 1. The molecule has 0 saturated carbocycles. The van der Waals surface area contributed by atoms with Crippen molar-refractivity contribution >= 4 is 11.8 Å². The Morgan fingerprint density at radius 2 is 1.55 bits per heavy atom. The first-order valence-electron chi connectivity index (χ1n) is 7.90. The number of carbonyl (C=O) groups is 1. The Morgan fingerprint density at radius 1 is 1.03 bits per heavy atom. The van der Waals surface area contributed by atoms with E-state index in [9.17, 15) is 31.1 Å². The van der Waals surface area contributed by atoms with E-state index in [1.165, 1.54) is 0 Å². The van der Waals surface area contributed by atoms with E-state index < -0.39 is 46.3 Å². The predicted octanol–water partition coefficient (Wildman–Crippen LogP) is 4.49. The summed E-state index contributed by atoms with van der Waals surface area (Å²) in [7, 11) is 0. The highest BCUT2D eigenvalue weighted by Crippen LogP contribution is 2.36. The Balaban J connectivity index is 2.37. The van der Waals surface area contributed by atoms with Crippen LogP contribution in [0.1, 0.15) is 53.5 Å². The van der Waals surface area contributed by atoms with Crippen LogP contribution >= 0.6 is 0 Å². The molecular formula is C17H15F6N3O3. The first kappa shape index (κ1) is 22.2. The molecule has 0 fully saturated rings. The molecule has 0 bridgehead atoms. The lowest BCUT2D eigenvalue weighted by atomic mass is 9.90. The summed E-state index contributed by atoms with van der Waals surface area (Å²) in [6.07, 6.45) is -9.14. The van der Waals surface area contributed by atoms with Gasteiger partial charge in [-0.25, -0.2) is 4.79 Å². The molecule has 0 spiro atoms. The molecule has 12 heteroatoms. The highest BCUT2D eigenvalue weighted by atomic mass is 19.4. The molecule has 1 aromatic carbocycles. The number of nitrogens with two attached hydrogens (primary N) is 1. The van der Waals surface area contributed by atoms with E-state index >= 15 is 0 Å². The molecule has 1 aromatic heterocycles. The summed E-state index contributed by atoms with van der Waals surface area (Å²) in [6.45, 7) is 5.17. The fraction of sp³-hybridized carbons (Fsp3) is 0.353. The summed E-state index contributed by atoms with van der Waals surface area (Å²) < 4.78 is 82.1. The molecule has 0 unspecified atom stereocenters. The van der Waals surface area contributed by atoms with Gasteiger partial charge in [0.05, 0.1) is 11.1 Å². The molecule has 6 nitrogen and oxygen atoms in total. The third kappa shape index (κ3) is 5.27. The largest absolute Gasteiger partial charge is 0.416 e. The van der Waals surface area contributed by atoms with Gasteiger partial charge in [0, 0.05) is 11.0 Å². The highest BCUT2D eigenvalue weighted by Gasteiger charge is 2.37. The Morgan fingerprint density at radius 3 is 2.00 bits per heavy atom. The zero-order valence-electron chi connectivity index (χ0n) is 15.3. The van der Waals surface area contributed by atoms with Crippen molar-refractivity contribution in [1.82, 2.24) is 5.16 Å². The molecule has 0 atom stereocenters. The Hall–Kier alpha value is -3.05. The number of rotatable bonds is 3. The molecule has 0 saturated heterocycles. The second kappa shape index (κ2) is 7.41. The quantitative estimate of drug-likeness (QED) is 0.258. The van der Waals surface area contributed by atoms with Gasteiger partial charge in [0.1, 0.15) is 17.5 Å². The van der Waals surface area contributed by atoms with Crippen LogP contribution < -0.4 is 5.73 Å². The SMILES string of the molecule is CC(C)(C)c1nocc1C(=O)O/N=C(\N)c1cc(C(F)(F)F)cc(C(F)(F)F)c1. The van der Waals surface area contributed by atoms with Gasteiger partial charge in [-0.3, -0.25) is 0 Å². The van der Waals surface area contributed by atoms with Gasteiger partial charge < -0.3 is 15.1 Å². The lowest BCUT2D eigenvalue weighted by molar-refractivity contribution is -0.143. The summed E-state index contributed by atoms with van der Waals surface area (Å²) in [6, 6.07) is 0.666. The van der Waals surface area contributed by atoms with Crippen LogP contribution in [-0.2, 0) is 22.6 Å². The van der Waals surface area contributed by atoms with Crippen LogP contribution in [0.5, 0.6) is 0 Å². The second-order valence-electron chi connectivity index (χ2n) is 6.98. The second-order valence-corrected chi connectivity index (χ2v) is 6.98. The number of alkyl halides is 6. The van der Waals surface area contributed by atoms with Crippen molar-refractivity contribution in [1.29, 1.82) is 0 Å². The molecule has 2 N–H and O–H groups in total. The highest BCUT2D eigenvalue weighted by molar-refractivity contribution is 5.98. The first-order chi connectivity index (χ1) is 13.1. The summed E-state index contributed by atoms with van der Waals surface area (Å²) in [5, 5.41) is 6.83. The van der Waals surface area contributed by atoms with E-state index in [1.54, 1.807) is 20.8 Å². The minimum atomic E-state index is -5.06. The van der Waals surface area contributed by atoms with Crippen molar-refractivity contribution < 1.29 is 40.5 Å². The Kier molecular flexibility index (Phi) is 5.68. The fourth-order valence-corrected chi connectivity index (χ4v) is 2.22. The van der Waals surface area contributed by atoms with Crippen LogP contribution in [0.15, 0.2) is 34.1 Å². The smallest absolute Gasteiger partial charge is 0.380 e. The van der Waals surface area contributed by atoms with Crippen LogP contribution in [-0.4, -0.2) is 17.0 Å². The molecular weight excluding hydrogens is 408 g/mol. The van der Waals surface area contributed by atoms with Gasteiger partial charge in [0.2, 0.25) is 0 Å². The van der Waals surface area contributed by atoms with E-state index in [1.807, 2.05) is 0 Å². The normalized spacial score (nSPS) is 13.5. The van der Waals surface area contributed by atoms with Crippen molar-refractivity contribution in [3.05, 3.63) is 52.4 Å². The van der Waals surface area contributed by atoms with Gasteiger partial charge in [-0.15, -0.1) is 0 Å². The minimum Gasteiger partial charge on any atom is -0.380 e. The molecule has 0 radical (unpaired) electrons. The van der Waals surface area contributed by atoms with Crippen molar-refractivity contribution in [2.75, 3.05) is 0 Å². The number of halogens is 6. The first-order valence-corrected chi connectivity index (χ1v) is 7.90. The number of aromatic nitrogens is 1. The molecule has 0 amide bonds. The summed E-state index contributed by atoms with van der Waals surface area (Å²) in [4.78, 5) is 16.7. The van der Waals surface area contributed by atoms with E-state index in [0.717, 1.165) is 6.26 Å². The maximum Gasteiger partial charge on any atom is 0.416 e. The summed E-state index contributed by atoms with van der Waals surface area (Å²) in [5.74, 6) is -1.95. The summed E-state index contributed by atoms with van der Waals surface area (Å²) >= 11 is 0. The number of hydrogen-bond acceptors (Lipinski definition) is 5. The van der Waals surface area contributed by atoms with Crippen molar-refractivity contribution in [3.63, 3.8) is 0 Å². The standard InChI is InChI=1S/C17H15F6N3O3/c1-15(2,3)12-11(7-28-25-12)14(27)29-26-13(24)8-4-9(16(18,19)20)6-10(5-8)17(21,22)23/h4-7H,1-3H3,(H2,24,26). The maximum atomic E-state index is 12.9. The molecule has 158 valence electrons. The van der Waals surface area contributed by atoms with Gasteiger partial charge in [-0.2, -0.15) is 26.3 Å². The lowest BCUT2D eigenvalue weighted by Crippen LogP contribution is -2.20. The molecule has 2 aromatic rings. The van der Waals surface area contributed by atoms with E-state index in [-0.39, 0.29) is 17.3 Å². The van der Waals surface area contributed by atoms with Gasteiger partial charge in [0.25, 0.3) is 0 Å². The van der Waals surface area contributed by atoms with Crippen LogP contribution in [0.3, 0.4) is 0 Å². The fourth-order valence-electron chi connectivity index (χ4n) is 2.22. The predicted molar refractivity (Wildman–Crippen MR) is 87.8 cm³/mol. The van der Waals surface area contributed by atoms with E-state index in [0.29, 0.717) is 12.1 Å². The molecule has 0 aliphatic carbocycles. The average molecular weight is 423 g/mol. The number of hydrogen-bond donors (Lipinski definition) is 1. The van der Waals surface area contributed by atoms with E-state index in [4.69, 9.17) is 10.3 Å². The number of nitrogens with zero attached hydrogens (tertiary/aromatic N) is 2. The van der Waals surface area contributed by atoms with Gasteiger partial charge >= 0.3 is 18.3 Å².